The molecule has 0 radical (unpaired) electrons. The fourth-order valence-electron chi connectivity index (χ4n) is 3.33. The van der Waals surface area contributed by atoms with Crippen LogP contribution in [0.25, 0.3) is 0 Å². The zero-order valence-corrected chi connectivity index (χ0v) is 13.8. The summed E-state index contributed by atoms with van der Waals surface area (Å²) in [5.41, 5.74) is 3.00. The number of carbonyl (C=O) groups excluding carboxylic acids is 1. The topological polar surface area (TPSA) is 59.2 Å². The number of hydrogen-bond acceptors (Lipinski definition) is 4. The van der Waals surface area contributed by atoms with E-state index in [0.717, 1.165) is 42.9 Å². The SMILES string of the molecule is Cc1noc(C)c1CC(=O)N1CCCC(Cc2cccnc2)C1. The van der Waals surface area contributed by atoms with Crippen LogP contribution in [-0.4, -0.2) is 34.0 Å². The van der Waals surface area contributed by atoms with Crippen molar-refractivity contribution in [1.82, 2.24) is 15.0 Å². The van der Waals surface area contributed by atoms with Crippen molar-refractivity contribution in [2.75, 3.05) is 13.1 Å². The van der Waals surface area contributed by atoms with Gasteiger partial charge in [-0.05, 0) is 50.7 Å². The fourth-order valence-corrected chi connectivity index (χ4v) is 3.33. The van der Waals surface area contributed by atoms with Crippen LogP contribution in [0.15, 0.2) is 29.0 Å². The number of amides is 1. The van der Waals surface area contributed by atoms with Gasteiger partial charge in [0.05, 0.1) is 12.1 Å². The third kappa shape index (κ3) is 3.78. The molecule has 1 aliphatic heterocycles. The maximum absolute atomic E-state index is 12.6. The summed E-state index contributed by atoms with van der Waals surface area (Å²) in [6.45, 7) is 5.44. The van der Waals surface area contributed by atoms with E-state index in [1.807, 2.05) is 31.0 Å². The summed E-state index contributed by atoms with van der Waals surface area (Å²) < 4.78 is 5.16. The van der Waals surface area contributed by atoms with Crippen molar-refractivity contribution in [3.05, 3.63) is 47.1 Å². The highest BCUT2D eigenvalue weighted by atomic mass is 16.5. The molecule has 122 valence electrons. The van der Waals surface area contributed by atoms with Crippen LogP contribution >= 0.6 is 0 Å². The minimum absolute atomic E-state index is 0.176. The maximum Gasteiger partial charge on any atom is 0.227 e. The average molecular weight is 313 g/mol. The zero-order valence-electron chi connectivity index (χ0n) is 13.8. The van der Waals surface area contributed by atoms with Gasteiger partial charge in [-0.15, -0.1) is 0 Å². The van der Waals surface area contributed by atoms with Gasteiger partial charge in [0.15, 0.2) is 0 Å². The molecule has 0 saturated carbocycles. The number of aromatic nitrogens is 2. The molecule has 0 aromatic carbocycles. The van der Waals surface area contributed by atoms with Gasteiger partial charge < -0.3 is 9.42 Å². The van der Waals surface area contributed by atoms with Gasteiger partial charge in [-0.25, -0.2) is 0 Å². The lowest BCUT2D eigenvalue weighted by Gasteiger charge is -2.33. The van der Waals surface area contributed by atoms with E-state index in [4.69, 9.17) is 4.52 Å². The second kappa shape index (κ2) is 6.94. The Kier molecular flexibility index (Phi) is 4.74. The number of rotatable bonds is 4. The molecule has 1 fully saturated rings. The lowest BCUT2D eigenvalue weighted by atomic mass is 9.91. The van der Waals surface area contributed by atoms with Gasteiger partial charge in [0.25, 0.3) is 0 Å². The number of hydrogen-bond donors (Lipinski definition) is 0. The van der Waals surface area contributed by atoms with Gasteiger partial charge in [0.2, 0.25) is 5.91 Å². The van der Waals surface area contributed by atoms with Gasteiger partial charge in [0.1, 0.15) is 5.76 Å². The standard InChI is InChI=1S/C18H23N3O2/c1-13-17(14(2)23-20-13)10-18(22)21-8-4-6-16(12-21)9-15-5-3-7-19-11-15/h3,5,7,11,16H,4,6,8-10,12H2,1-2H3. The van der Waals surface area contributed by atoms with Gasteiger partial charge in [-0.1, -0.05) is 11.2 Å². The molecule has 5 nitrogen and oxygen atoms in total. The fraction of sp³-hybridized carbons (Fsp3) is 0.500. The molecule has 1 aliphatic rings. The first-order chi connectivity index (χ1) is 11.1. The molecule has 0 N–H and O–H groups in total. The van der Waals surface area contributed by atoms with E-state index in [1.54, 1.807) is 6.20 Å². The van der Waals surface area contributed by atoms with Gasteiger partial charge in [0, 0.05) is 31.0 Å². The molecule has 3 rings (SSSR count). The smallest absolute Gasteiger partial charge is 0.227 e. The van der Waals surface area contributed by atoms with E-state index in [1.165, 1.54) is 12.0 Å². The van der Waals surface area contributed by atoms with Crippen LogP contribution in [0.5, 0.6) is 0 Å². The predicted octanol–water partition coefficient (Wildman–Crippen LogP) is 2.71. The lowest BCUT2D eigenvalue weighted by molar-refractivity contribution is -0.132. The highest BCUT2D eigenvalue weighted by Crippen LogP contribution is 2.22. The van der Waals surface area contributed by atoms with Crippen LogP contribution in [0.4, 0.5) is 0 Å². The van der Waals surface area contributed by atoms with E-state index in [2.05, 4.69) is 16.2 Å². The Balaban J connectivity index is 1.61. The van der Waals surface area contributed by atoms with E-state index in [-0.39, 0.29) is 5.91 Å². The van der Waals surface area contributed by atoms with E-state index < -0.39 is 0 Å². The Morgan fingerprint density at radius 1 is 1.43 bits per heavy atom. The molecule has 1 atom stereocenters. The molecule has 1 unspecified atom stereocenters. The number of piperidine rings is 1. The van der Waals surface area contributed by atoms with Crippen LogP contribution in [0.3, 0.4) is 0 Å². The Morgan fingerprint density at radius 2 is 2.30 bits per heavy atom. The van der Waals surface area contributed by atoms with Crippen molar-refractivity contribution in [2.45, 2.75) is 39.5 Å². The summed E-state index contributed by atoms with van der Waals surface area (Å²) in [6, 6.07) is 4.08. The largest absolute Gasteiger partial charge is 0.361 e. The molecule has 0 spiro atoms. The summed E-state index contributed by atoms with van der Waals surface area (Å²) in [4.78, 5) is 18.8. The molecule has 3 heterocycles. The highest BCUT2D eigenvalue weighted by molar-refractivity contribution is 5.79. The van der Waals surface area contributed by atoms with Crippen molar-refractivity contribution in [3.63, 3.8) is 0 Å². The summed E-state index contributed by atoms with van der Waals surface area (Å²) in [5, 5.41) is 3.93. The Labute approximate surface area is 136 Å². The van der Waals surface area contributed by atoms with Crippen LogP contribution in [0.2, 0.25) is 0 Å². The summed E-state index contributed by atoms with van der Waals surface area (Å²) in [5.74, 6) is 1.44. The van der Waals surface area contributed by atoms with Gasteiger partial charge >= 0.3 is 0 Å². The van der Waals surface area contributed by atoms with Crippen molar-refractivity contribution >= 4 is 5.91 Å². The number of carbonyl (C=O) groups is 1. The highest BCUT2D eigenvalue weighted by Gasteiger charge is 2.25. The lowest BCUT2D eigenvalue weighted by Crippen LogP contribution is -2.41. The van der Waals surface area contributed by atoms with Crippen LogP contribution in [0.1, 0.15) is 35.4 Å². The first kappa shape index (κ1) is 15.7. The Hall–Kier alpha value is -2.17. The molecule has 1 amide bonds. The van der Waals surface area contributed by atoms with Crippen LogP contribution in [-0.2, 0) is 17.6 Å². The molecule has 0 aliphatic carbocycles. The quantitative estimate of drug-likeness (QED) is 0.871. The molecule has 0 bridgehead atoms. The Bertz CT molecular complexity index is 647. The average Bonchev–Trinajstić information content (AvgIpc) is 2.88. The molecular formula is C18H23N3O2. The summed E-state index contributed by atoms with van der Waals surface area (Å²) in [6.07, 6.45) is 7.33. The minimum atomic E-state index is 0.176. The molecule has 5 heteroatoms. The second-order valence-electron chi connectivity index (χ2n) is 6.39. The van der Waals surface area contributed by atoms with E-state index in [0.29, 0.717) is 12.3 Å². The molecular weight excluding hydrogens is 290 g/mol. The summed E-state index contributed by atoms with van der Waals surface area (Å²) >= 11 is 0. The third-order valence-corrected chi connectivity index (χ3v) is 4.63. The molecule has 2 aromatic rings. The first-order valence-electron chi connectivity index (χ1n) is 8.22. The molecule has 1 saturated heterocycles. The predicted molar refractivity (Wildman–Crippen MR) is 86.9 cm³/mol. The minimum Gasteiger partial charge on any atom is -0.361 e. The number of likely N-dealkylation sites (tertiary alicyclic amines) is 1. The van der Waals surface area contributed by atoms with Crippen molar-refractivity contribution in [1.29, 1.82) is 0 Å². The number of pyridine rings is 1. The Morgan fingerprint density at radius 3 is 3.00 bits per heavy atom. The second-order valence-corrected chi connectivity index (χ2v) is 6.39. The van der Waals surface area contributed by atoms with Crippen LogP contribution < -0.4 is 0 Å². The molecule has 23 heavy (non-hydrogen) atoms. The van der Waals surface area contributed by atoms with E-state index >= 15 is 0 Å². The zero-order chi connectivity index (χ0) is 16.2. The van der Waals surface area contributed by atoms with Gasteiger partial charge in [-0.3, -0.25) is 9.78 Å². The number of aryl methyl sites for hydroxylation is 2. The van der Waals surface area contributed by atoms with Crippen LogP contribution in [0, 0.1) is 19.8 Å². The maximum atomic E-state index is 12.6. The van der Waals surface area contributed by atoms with Crippen molar-refractivity contribution < 1.29 is 9.32 Å². The van der Waals surface area contributed by atoms with E-state index in [9.17, 15) is 4.79 Å². The van der Waals surface area contributed by atoms with Crippen molar-refractivity contribution in [3.8, 4) is 0 Å². The van der Waals surface area contributed by atoms with Crippen molar-refractivity contribution in [2.24, 2.45) is 5.92 Å². The van der Waals surface area contributed by atoms with Gasteiger partial charge in [-0.2, -0.15) is 0 Å². The number of nitrogens with zero attached hydrogens (tertiary/aromatic N) is 3. The monoisotopic (exact) mass is 313 g/mol. The third-order valence-electron chi connectivity index (χ3n) is 4.63. The molecule has 2 aromatic heterocycles. The normalized spacial score (nSPS) is 18.2. The first-order valence-corrected chi connectivity index (χ1v) is 8.22. The summed E-state index contributed by atoms with van der Waals surface area (Å²) in [7, 11) is 0.